The number of H-pyrrole nitrogens is 1. The third-order valence-corrected chi connectivity index (χ3v) is 7.47. The summed E-state index contributed by atoms with van der Waals surface area (Å²) in [5, 5.41) is 17.4. The van der Waals surface area contributed by atoms with Crippen molar-refractivity contribution in [1.82, 2.24) is 29.9 Å². The molecule has 6 aromatic rings. The summed E-state index contributed by atoms with van der Waals surface area (Å²) in [5.41, 5.74) is 6.42. The molecule has 34 heavy (non-hydrogen) atoms. The molecule has 0 aliphatic heterocycles. The fourth-order valence-electron chi connectivity index (χ4n) is 4.73. The number of aryl methyl sites for hydroxylation is 2. The highest BCUT2D eigenvalue weighted by Crippen LogP contribution is 2.44. The van der Waals surface area contributed by atoms with Crippen LogP contribution < -0.4 is 5.32 Å². The van der Waals surface area contributed by atoms with Gasteiger partial charge < -0.3 is 5.32 Å². The maximum atomic E-state index is 13.6. The molecule has 7 rings (SSSR count). The Kier molecular flexibility index (Phi) is 4.25. The van der Waals surface area contributed by atoms with Gasteiger partial charge in [-0.25, -0.2) is 14.4 Å². The Morgan fingerprint density at radius 1 is 1.09 bits per heavy atom. The number of fused-ring (bicyclic) bond motifs is 6. The Hall–Kier alpha value is -4.11. The van der Waals surface area contributed by atoms with Crippen LogP contribution in [0.2, 0.25) is 0 Å². The predicted octanol–water partition coefficient (Wildman–Crippen LogP) is 5.46. The highest BCUT2D eigenvalue weighted by Gasteiger charge is 2.25. The molecule has 2 N–H and O–H groups in total. The van der Waals surface area contributed by atoms with Crippen LogP contribution in [0, 0.1) is 5.82 Å². The first-order valence-electron chi connectivity index (χ1n) is 11.0. The number of hydrogen-bond donors (Lipinski definition) is 2. The van der Waals surface area contributed by atoms with E-state index in [-0.39, 0.29) is 5.82 Å². The minimum atomic E-state index is -0.240. The molecular weight excluding hydrogens is 449 g/mol. The minimum absolute atomic E-state index is 0.240. The van der Waals surface area contributed by atoms with E-state index >= 15 is 0 Å². The van der Waals surface area contributed by atoms with E-state index in [0.29, 0.717) is 6.54 Å². The van der Waals surface area contributed by atoms with E-state index in [0.717, 1.165) is 51.0 Å². The molecule has 0 unspecified atom stereocenters. The van der Waals surface area contributed by atoms with Crippen LogP contribution in [0.25, 0.3) is 31.6 Å². The molecule has 0 saturated heterocycles. The van der Waals surface area contributed by atoms with Crippen molar-refractivity contribution in [2.24, 2.45) is 0 Å². The van der Waals surface area contributed by atoms with Crippen molar-refractivity contribution in [2.75, 3.05) is 5.32 Å². The maximum absolute atomic E-state index is 13.6. The summed E-state index contributed by atoms with van der Waals surface area (Å²) in [6.07, 6.45) is 7.21. The summed E-state index contributed by atoms with van der Waals surface area (Å²) in [6, 6.07) is 12.7. The molecular formula is C25H18FN7S. The highest BCUT2D eigenvalue weighted by atomic mass is 32.1. The number of rotatable bonds is 4. The van der Waals surface area contributed by atoms with Gasteiger partial charge in [-0.3, -0.25) is 9.78 Å². The molecule has 7 nitrogen and oxygen atoms in total. The van der Waals surface area contributed by atoms with Gasteiger partial charge in [0.15, 0.2) is 0 Å². The van der Waals surface area contributed by atoms with Crippen LogP contribution in [0.4, 0.5) is 15.9 Å². The van der Waals surface area contributed by atoms with E-state index < -0.39 is 0 Å². The molecule has 4 heterocycles. The fraction of sp³-hybridized carbons (Fsp3) is 0.120. The second kappa shape index (κ2) is 7.46. The summed E-state index contributed by atoms with van der Waals surface area (Å²) in [6.45, 7) is 0.512. The first-order valence-corrected chi connectivity index (χ1v) is 11.8. The lowest BCUT2D eigenvalue weighted by Gasteiger charge is -2.13. The fourth-order valence-corrected chi connectivity index (χ4v) is 5.95. The van der Waals surface area contributed by atoms with Crippen molar-refractivity contribution in [3.63, 3.8) is 0 Å². The summed E-state index contributed by atoms with van der Waals surface area (Å²) < 4.78 is 15.5. The number of aromatic nitrogens is 6. The second-order valence-electron chi connectivity index (χ2n) is 8.41. The van der Waals surface area contributed by atoms with Crippen molar-refractivity contribution in [1.29, 1.82) is 0 Å². The Labute approximate surface area is 197 Å². The molecule has 2 aromatic carbocycles. The molecule has 1 aliphatic rings. The number of nitrogens with one attached hydrogen (secondary N) is 2. The van der Waals surface area contributed by atoms with Gasteiger partial charge in [-0.05, 0) is 54.3 Å². The second-order valence-corrected chi connectivity index (χ2v) is 9.40. The zero-order valence-electron chi connectivity index (χ0n) is 17.9. The van der Waals surface area contributed by atoms with E-state index in [1.54, 1.807) is 23.7 Å². The normalized spacial score (nSPS) is 12.7. The van der Waals surface area contributed by atoms with Gasteiger partial charge >= 0.3 is 0 Å². The van der Waals surface area contributed by atoms with Crippen molar-refractivity contribution in [2.45, 2.75) is 19.4 Å². The molecule has 0 bridgehead atoms. The highest BCUT2D eigenvalue weighted by molar-refractivity contribution is 7.22. The SMILES string of the molecule is Fc1cccc(Cn2ncc3cc(Nc4ncnc5sc6c(c45)CCc4[nH]ncc4-6)ccc32)c1. The first kappa shape index (κ1) is 19.4. The Morgan fingerprint density at radius 2 is 2.06 bits per heavy atom. The molecule has 166 valence electrons. The lowest BCUT2D eigenvalue weighted by Crippen LogP contribution is -2.02. The topological polar surface area (TPSA) is 84.3 Å². The average Bonchev–Trinajstić information content (AvgIpc) is 3.56. The summed E-state index contributed by atoms with van der Waals surface area (Å²) in [7, 11) is 0. The zero-order chi connectivity index (χ0) is 22.6. The molecule has 0 atom stereocenters. The van der Waals surface area contributed by atoms with Gasteiger partial charge in [-0.1, -0.05) is 12.1 Å². The van der Waals surface area contributed by atoms with Gasteiger partial charge in [0, 0.05) is 27.2 Å². The van der Waals surface area contributed by atoms with Crippen molar-refractivity contribution in [3.8, 4) is 10.4 Å². The van der Waals surface area contributed by atoms with Crippen LogP contribution in [0.3, 0.4) is 0 Å². The number of anilines is 2. The molecule has 4 aromatic heterocycles. The number of benzene rings is 2. The van der Waals surface area contributed by atoms with Gasteiger partial charge in [0.1, 0.15) is 22.8 Å². The number of aromatic amines is 1. The smallest absolute Gasteiger partial charge is 0.142 e. The van der Waals surface area contributed by atoms with Gasteiger partial charge in [0.25, 0.3) is 0 Å². The Bertz CT molecular complexity index is 1700. The minimum Gasteiger partial charge on any atom is -0.340 e. The molecule has 0 spiro atoms. The van der Waals surface area contributed by atoms with Crippen LogP contribution in [0.15, 0.2) is 61.2 Å². The number of thiophene rings is 1. The standard InChI is InChI=1S/C25H18FN7S/c26-16-3-1-2-14(8-16)12-33-21-7-4-17(9-15(21)10-30-33)31-24-22-18-5-6-20-19(11-29-32-20)23(18)34-25(22)28-13-27-24/h1-4,7-11,13H,5-6,12H2,(H,29,32)(H,27,28,31). The molecule has 0 radical (unpaired) electrons. The predicted molar refractivity (Wildman–Crippen MR) is 131 cm³/mol. The van der Waals surface area contributed by atoms with Gasteiger partial charge in [-0.15, -0.1) is 11.3 Å². The van der Waals surface area contributed by atoms with Crippen LogP contribution >= 0.6 is 11.3 Å². The van der Waals surface area contributed by atoms with E-state index in [1.807, 2.05) is 35.3 Å². The van der Waals surface area contributed by atoms with Gasteiger partial charge in [0.2, 0.25) is 0 Å². The number of nitrogens with zero attached hydrogens (tertiary/aromatic N) is 5. The Balaban J connectivity index is 1.24. The molecule has 9 heteroatoms. The number of halogens is 1. The largest absolute Gasteiger partial charge is 0.340 e. The zero-order valence-corrected chi connectivity index (χ0v) is 18.7. The molecule has 1 aliphatic carbocycles. The van der Waals surface area contributed by atoms with E-state index in [2.05, 4.69) is 36.6 Å². The van der Waals surface area contributed by atoms with Gasteiger partial charge in [0.05, 0.1) is 29.8 Å². The van der Waals surface area contributed by atoms with Crippen molar-refractivity contribution >= 4 is 44.0 Å². The first-order chi connectivity index (χ1) is 16.7. The van der Waals surface area contributed by atoms with E-state index in [9.17, 15) is 4.39 Å². The summed E-state index contributed by atoms with van der Waals surface area (Å²) in [4.78, 5) is 11.3. The van der Waals surface area contributed by atoms with Crippen LogP contribution in [-0.4, -0.2) is 29.9 Å². The van der Waals surface area contributed by atoms with Crippen molar-refractivity contribution < 1.29 is 4.39 Å². The third-order valence-electron chi connectivity index (χ3n) is 6.30. The third kappa shape index (κ3) is 3.08. The molecule has 0 saturated carbocycles. The maximum Gasteiger partial charge on any atom is 0.142 e. The lowest BCUT2D eigenvalue weighted by atomic mass is 9.95. The Morgan fingerprint density at radius 3 is 3.00 bits per heavy atom. The average molecular weight is 468 g/mol. The lowest BCUT2D eigenvalue weighted by molar-refractivity contribution is 0.621. The van der Waals surface area contributed by atoms with E-state index in [4.69, 9.17) is 0 Å². The van der Waals surface area contributed by atoms with Gasteiger partial charge in [-0.2, -0.15) is 10.2 Å². The van der Waals surface area contributed by atoms with Crippen LogP contribution in [0.5, 0.6) is 0 Å². The van der Waals surface area contributed by atoms with Crippen LogP contribution in [0.1, 0.15) is 16.8 Å². The van der Waals surface area contributed by atoms with Crippen molar-refractivity contribution in [3.05, 3.63) is 83.8 Å². The van der Waals surface area contributed by atoms with E-state index in [1.165, 1.54) is 33.8 Å². The molecule has 0 amide bonds. The monoisotopic (exact) mass is 467 g/mol. The molecule has 0 fully saturated rings. The summed E-state index contributed by atoms with van der Waals surface area (Å²) in [5.74, 6) is 0.567. The summed E-state index contributed by atoms with van der Waals surface area (Å²) >= 11 is 1.69. The quantitative estimate of drug-likeness (QED) is 0.360. The number of hydrogen-bond acceptors (Lipinski definition) is 6. The van der Waals surface area contributed by atoms with Crippen LogP contribution in [-0.2, 0) is 19.4 Å².